The molecule has 0 spiro atoms. The summed E-state index contributed by atoms with van der Waals surface area (Å²) in [5.41, 5.74) is 1.41. The number of aliphatic hydroxyl groups is 2. The Morgan fingerprint density at radius 3 is 2.71 bits per heavy atom. The Morgan fingerprint density at radius 1 is 1.32 bits per heavy atom. The number of piperidine rings is 1. The molecule has 1 amide bonds. The Bertz CT molecular complexity index is 1230. The summed E-state index contributed by atoms with van der Waals surface area (Å²) in [4.78, 5) is 26.3. The van der Waals surface area contributed by atoms with E-state index in [4.69, 9.17) is 11.6 Å². The summed E-state index contributed by atoms with van der Waals surface area (Å²) in [6.45, 7) is 7.87. The molecule has 1 fully saturated rings. The van der Waals surface area contributed by atoms with E-state index in [9.17, 15) is 19.4 Å². The summed E-state index contributed by atoms with van der Waals surface area (Å²) < 4.78 is 16.8. The van der Waals surface area contributed by atoms with E-state index in [1.165, 1.54) is 24.1 Å². The smallest absolute Gasteiger partial charge is 0.251 e. The van der Waals surface area contributed by atoms with Crippen LogP contribution in [0.4, 0.5) is 10.3 Å². The third kappa shape index (κ3) is 4.70. The van der Waals surface area contributed by atoms with Crippen molar-refractivity contribution in [2.75, 3.05) is 18.4 Å². The van der Waals surface area contributed by atoms with Gasteiger partial charge in [-0.25, -0.2) is 19.3 Å². The Hall–Kier alpha value is -2.82. The molecule has 1 saturated heterocycles. The molecular formula is C23H28ClFN6O3. The molecule has 3 heterocycles. The monoisotopic (exact) mass is 490 g/mol. The van der Waals surface area contributed by atoms with Gasteiger partial charge < -0.3 is 25.0 Å². The van der Waals surface area contributed by atoms with Crippen LogP contribution in [0.3, 0.4) is 0 Å². The minimum absolute atomic E-state index is 0.0838. The van der Waals surface area contributed by atoms with Gasteiger partial charge in [-0.05, 0) is 46.2 Å². The van der Waals surface area contributed by atoms with Crippen molar-refractivity contribution in [1.29, 1.82) is 0 Å². The van der Waals surface area contributed by atoms with Crippen molar-refractivity contribution >= 4 is 34.5 Å². The van der Waals surface area contributed by atoms with Gasteiger partial charge in [-0.1, -0.05) is 11.6 Å². The second kappa shape index (κ2) is 9.09. The maximum atomic E-state index is 14.9. The number of carbonyl (C=O) groups is 1. The van der Waals surface area contributed by atoms with Crippen molar-refractivity contribution in [3.8, 4) is 11.3 Å². The van der Waals surface area contributed by atoms with Gasteiger partial charge >= 0.3 is 0 Å². The van der Waals surface area contributed by atoms with Crippen LogP contribution in [0.25, 0.3) is 22.3 Å². The highest BCUT2D eigenvalue weighted by atomic mass is 35.5. The van der Waals surface area contributed by atoms with Crippen molar-refractivity contribution < 1.29 is 19.4 Å². The predicted octanol–water partition coefficient (Wildman–Crippen LogP) is 2.80. The SMILES string of the molecule is C[C@H](O)C(=O)N1CC[C@@H](Nc2ncc(Cl)c(-c3cc(F)c4ncn(C(C)(C)C)c4c3)n2)[C@H](O)C1. The zero-order valence-electron chi connectivity index (χ0n) is 19.5. The van der Waals surface area contributed by atoms with Crippen LogP contribution in [-0.2, 0) is 10.3 Å². The maximum absolute atomic E-state index is 14.9. The molecule has 1 aliphatic heterocycles. The number of fused-ring (bicyclic) bond motifs is 1. The Morgan fingerprint density at radius 2 is 2.06 bits per heavy atom. The molecule has 3 atom stereocenters. The van der Waals surface area contributed by atoms with Gasteiger partial charge in [0.05, 0.1) is 40.9 Å². The van der Waals surface area contributed by atoms with Crippen LogP contribution in [-0.4, -0.2) is 71.9 Å². The van der Waals surface area contributed by atoms with Crippen LogP contribution in [0.15, 0.2) is 24.7 Å². The number of anilines is 1. The van der Waals surface area contributed by atoms with Crippen molar-refractivity contribution in [1.82, 2.24) is 24.4 Å². The molecule has 3 N–H and O–H groups in total. The first-order valence-corrected chi connectivity index (χ1v) is 11.4. The lowest BCUT2D eigenvalue weighted by molar-refractivity contribution is -0.142. The highest BCUT2D eigenvalue weighted by Crippen LogP contribution is 2.32. The van der Waals surface area contributed by atoms with Crippen LogP contribution in [0, 0.1) is 5.82 Å². The Balaban J connectivity index is 1.61. The molecule has 0 unspecified atom stereocenters. The lowest BCUT2D eigenvalue weighted by atomic mass is 10.0. The maximum Gasteiger partial charge on any atom is 0.251 e. The van der Waals surface area contributed by atoms with Gasteiger partial charge in [0, 0.05) is 24.2 Å². The van der Waals surface area contributed by atoms with E-state index in [0.717, 1.165) is 0 Å². The fourth-order valence-electron chi connectivity index (χ4n) is 4.11. The summed E-state index contributed by atoms with van der Waals surface area (Å²) in [5, 5.41) is 23.4. The van der Waals surface area contributed by atoms with E-state index in [-0.39, 0.29) is 28.6 Å². The number of imidazole rings is 1. The summed E-state index contributed by atoms with van der Waals surface area (Å²) in [6.07, 6.45) is 1.47. The minimum atomic E-state index is -1.12. The van der Waals surface area contributed by atoms with Gasteiger partial charge in [-0.15, -0.1) is 0 Å². The number of benzene rings is 1. The highest BCUT2D eigenvalue weighted by molar-refractivity contribution is 6.33. The topological polar surface area (TPSA) is 116 Å². The van der Waals surface area contributed by atoms with Crippen LogP contribution >= 0.6 is 11.6 Å². The van der Waals surface area contributed by atoms with Gasteiger partial charge in [-0.3, -0.25) is 4.79 Å². The molecule has 182 valence electrons. The van der Waals surface area contributed by atoms with Crippen LogP contribution in [0.2, 0.25) is 5.02 Å². The number of halogens is 2. The lowest BCUT2D eigenvalue weighted by Crippen LogP contribution is -2.53. The first kappa shape index (κ1) is 24.3. The molecule has 0 radical (unpaired) electrons. The molecule has 0 bridgehead atoms. The number of β-amino-alcohol motifs (C(OH)–C–C–N with tert-alkyl or cyclic N) is 1. The van der Waals surface area contributed by atoms with E-state index in [1.807, 2.05) is 25.3 Å². The first-order valence-electron chi connectivity index (χ1n) is 11.1. The summed E-state index contributed by atoms with van der Waals surface area (Å²) in [7, 11) is 0. The number of hydrogen-bond donors (Lipinski definition) is 3. The number of rotatable bonds is 4. The molecule has 4 rings (SSSR count). The highest BCUT2D eigenvalue weighted by Gasteiger charge is 2.32. The van der Waals surface area contributed by atoms with Crippen LogP contribution in [0.5, 0.6) is 0 Å². The van der Waals surface area contributed by atoms with Crippen molar-refractivity contribution in [2.24, 2.45) is 0 Å². The number of aromatic nitrogens is 4. The number of nitrogens with zero attached hydrogens (tertiary/aromatic N) is 5. The second-order valence-corrected chi connectivity index (χ2v) is 9.98. The van der Waals surface area contributed by atoms with Crippen LogP contribution in [0.1, 0.15) is 34.1 Å². The van der Waals surface area contributed by atoms with Crippen molar-refractivity contribution in [3.05, 3.63) is 35.5 Å². The number of aliphatic hydroxyl groups excluding tert-OH is 2. The van der Waals surface area contributed by atoms with E-state index in [2.05, 4.69) is 20.3 Å². The molecule has 2 aromatic heterocycles. The van der Waals surface area contributed by atoms with E-state index in [0.29, 0.717) is 29.7 Å². The summed E-state index contributed by atoms with van der Waals surface area (Å²) in [5.74, 6) is -0.678. The van der Waals surface area contributed by atoms with Gasteiger partial charge in [0.25, 0.3) is 5.91 Å². The fourth-order valence-corrected chi connectivity index (χ4v) is 4.31. The molecule has 11 heteroatoms. The van der Waals surface area contributed by atoms with Crippen LogP contribution < -0.4 is 5.32 Å². The molecule has 34 heavy (non-hydrogen) atoms. The standard InChI is InChI=1S/C23H28ClFN6O3/c1-12(32)21(34)30-6-5-16(18(33)10-30)28-22-26-9-14(24)19(29-22)13-7-15(25)20-17(8-13)31(11-27-20)23(2,3)4/h7-9,11-12,16,18,32-33H,5-6,10H2,1-4H3,(H,26,28,29)/t12-,16+,18+/m0/s1. The number of amides is 1. The van der Waals surface area contributed by atoms with Crippen molar-refractivity contribution in [2.45, 2.75) is 57.9 Å². The molecule has 1 aromatic carbocycles. The number of likely N-dealkylation sites (tertiary alicyclic amines) is 1. The Labute approximate surface area is 201 Å². The third-order valence-electron chi connectivity index (χ3n) is 5.91. The van der Waals surface area contributed by atoms with E-state index < -0.39 is 30.0 Å². The van der Waals surface area contributed by atoms with Gasteiger partial charge in [-0.2, -0.15) is 0 Å². The second-order valence-electron chi connectivity index (χ2n) is 9.57. The largest absolute Gasteiger partial charge is 0.389 e. The molecule has 3 aromatic rings. The van der Waals surface area contributed by atoms with Gasteiger partial charge in [0.2, 0.25) is 5.95 Å². The first-order chi connectivity index (χ1) is 16.0. The zero-order chi connectivity index (χ0) is 24.8. The number of carbonyl (C=O) groups excluding carboxylic acids is 1. The van der Waals surface area contributed by atoms with Crippen molar-refractivity contribution in [3.63, 3.8) is 0 Å². The Kier molecular flexibility index (Phi) is 6.50. The minimum Gasteiger partial charge on any atom is -0.389 e. The quantitative estimate of drug-likeness (QED) is 0.515. The average Bonchev–Trinajstić information content (AvgIpc) is 3.21. The third-order valence-corrected chi connectivity index (χ3v) is 6.19. The number of hydrogen-bond acceptors (Lipinski definition) is 7. The summed E-state index contributed by atoms with van der Waals surface area (Å²) in [6, 6.07) is 2.73. The number of nitrogens with one attached hydrogen (secondary N) is 1. The predicted molar refractivity (Wildman–Crippen MR) is 127 cm³/mol. The van der Waals surface area contributed by atoms with E-state index in [1.54, 1.807) is 12.4 Å². The summed E-state index contributed by atoms with van der Waals surface area (Å²) >= 11 is 6.38. The average molecular weight is 491 g/mol. The normalized spacial score (nSPS) is 19.9. The zero-order valence-corrected chi connectivity index (χ0v) is 20.2. The fraction of sp³-hybridized carbons (Fsp3) is 0.478. The van der Waals surface area contributed by atoms with Gasteiger partial charge in [0.1, 0.15) is 11.6 Å². The molecule has 1 aliphatic rings. The molecule has 0 aliphatic carbocycles. The molecular weight excluding hydrogens is 463 g/mol. The molecule has 9 nitrogen and oxygen atoms in total. The lowest BCUT2D eigenvalue weighted by Gasteiger charge is -2.36. The molecule has 0 saturated carbocycles. The van der Waals surface area contributed by atoms with Gasteiger partial charge in [0.15, 0.2) is 5.82 Å². The van der Waals surface area contributed by atoms with E-state index >= 15 is 0 Å².